The summed E-state index contributed by atoms with van der Waals surface area (Å²) < 4.78 is 5.65. The highest BCUT2D eigenvalue weighted by Crippen LogP contribution is 2.39. The maximum absolute atomic E-state index is 10.9. The number of aliphatic carboxylic acids is 1. The van der Waals surface area contributed by atoms with E-state index in [0.717, 1.165) is 12.0 Å². The highest BCUT2D eigenvalue weighted by molar-refractivity contribution is 6.35. The lowest BCUT2D eigenvalue weighted by Gasteiger charge is -2.19. The first kappa shape index (κ1) is 16.1. The number of carbonyl (C=O) groups is 1. The molecule has 1 rings (SSSR count). The molecular weight excluding hydrogens is 287 g/mol. The molecule has 1 aromatic carbocycles. The van der Waals surface area contributed by atoms with Crippen molar-refractivity contribution in [3.8, 4) is 5.75 Å². The Morgan fingerprint density at radius 3 is 2.58 bits per heavy atom. The van der Waals surface area contributed by atoms with E-state index in [9.17, 15) is 4.79 Å². The van der Waals surface area contributed by atoms with Gasteiger partial charge in [-0.05, 0) is 30.9 Å². The van der Waals surface area contributed by atoms with E-state index in [0.29, 0.717) is 28.8 Å². The molecular formula is C14H18Cl2O3. The number of halogens is 2. The summed E-state index contributed by atoms with van der Waals surface area (Å²) in [5, 5.41) is 9.90. The monoisotopic (exact) mass is 304 g/mol. The molecule has 0 aliphatic carbocycles. The Balaban J connectivity index is 3.17. The normalized spacial score (nSPS) is 12.2. The van der Waals surface area contributed by atoms with E-state index >= 15 is 0 Å². The smallest absolute Gasteiger partial charge is 0.303 e. The number of hydrogen-bond acceptors (Lipinski definition) is 2. The first-order chi connectivity index (χ1) is 8.99. The molecule has 0 saturated heterocycles. The van der Waals surface area contributed by atoms with Crippen LogP contribution in [-0.2, 0) is 4.79 Å². The van der Waals surface area contributed by atoms with Crippen LogP contribution in [0.4, 0.5) is 0 Å². The average Bonchev–Trinajstić information content (AvgIpc) is 2.34. The molecule has 5 heteroatoms. The van der Waals surface area contributed by atoms with Crippen molar-refractivity contribution in [1.82, 2.24) is 0 Å². The van der Waals surface area contributed by atoms with Gasteiger partial charge in [0.1, 0.15) is 5.75 Å². The predicted octanol–water partition coefficient (Wildman–Crippen LogP) is 4.75. The van der Waals surface area contributed by atoms with E-state index < -0.39 is 5.97 Å². The number of carboxylic acids is 1. The quantitative estimate of drug-likeness (QED) is 0.790. The van der Waals surface area contributed by atoms with Gasteiger partial charge in [0.15, 0.2) is 0 Å². The second-order valence-corrected chi connectivity index (χ2v) is 5.20. The van der Waals surface area contributed by atoms with Gasteiger partial charge in [0.2, 0.25) is 0 Å². The first-order valence-corrected chi connectivity index (χ1v) is 7.08. The van der Waals surface area contributed by atoms with Crippen molar-refractivity contribution in [2.45, 2.75) is 39.0 Å². The molecule has 0 radical (unpaired) electrons. The van der Waals surface area contributed by atoms with E-state index in [-0.39, 0.29) is 12.3 Å². The van der Waals surface area contributed by atoms with Gasteiger partial charge in [-0.3, -0.25) is 4.79 Å². The molecule has 0 amide bonds. The third-order valence-electron chi connectivity index (χ3n) is 2.84. The van der Waals surface area contributed by atoms with Crippen molar-refractivity contribution in [2.24, 2.45) is 0 Å². The zero-order chi connectivity index (χ0) is 14.4. The molecule has 0 heterocycles. The van der Waals surface area contributed by atoms with Crippen molar-refractivity contribution in [3.63, 3.8) is 0 Å². The SMILES string of the molecule is CCCOc1c(Cl)cc(Cl)cc1C(CC)CC(=O)O. The third kappa shape index (κ3) is 4.59. The summed E-state index contributed by atoms with van der Waals surface area (Å²) in [6.45, 7) is 4.47. The van der Waals surface area contributed by atoms with Gasteiger partial charge in [-0.1, -0.05) is 37.0 Å². The van der Waals surface area contributed by atoms with Crippen LogP contribution in [0.1, 0.15) is 44.6 Å². The fourth-order valence-corrected chi connectivity index (χ4v) is 2.49. The fourth-order valence-electron chi connectivity index (χ4n) is 1.92. The Labute approximate surface area is 123 Å². The Bertz CT molecular complexity index is 447. The fraction of sp³-hybridized carbons (Fsp3) is 0.500. The molecule has 1 unspecified atom stereocenters. The molecule has 1 N–H and O–H groups in total. The third-order valence-corrected chi connectivity index (χ3v) is 3.34. The predicted molar refractivity (Wildman–Crippen MR) is 77.5 cm³/mol. The van der Waals surface area contributed by atoms with Crippen molar-refractivity contribution in [3.05, 3.63) is 27.7 Å². The maximum atomic E-state index is 10.9. The second kappa shape index (κ2) is 7.61. The number of ether oxygens (including phenoxy) is 1. The molecule has 1 atom stereocenters. The zero-order valence-electron chi connectivity index (χ0n) is 11.1. The van der Waals surface area contributed by atoms with Crippen molar-refractivity contribution in [2.75, 3.05) is 6.61 Å². The van der Waals surface area contributed by atoms with E-state index in [1.54, 1.807) is 12.1 Å². The molecule has 3 nitrogen and oxygen atoms in total. The van der Waals surface area contributed by atoms with Crippen LogP contribution in [0.25, 0.3) is 0 Å². The number of benzene rings is 1. The van der Waals surface area contributed by atoms with Crippen LogP contribution >= 0.6 is 23.2 Å². The Morgan fingerprint density at radius 2 is 2.05 bits per heavy atom. The molecule has 0 bridgehead atoms. The van der Waals surface area contributed by atoms with Gasteiger partial charge in [-0.25, -0.2) is 0 Å². The largest absolute Gasteiger partial charge is 0.492 e. The molecule has 1 aromatic rings. The lowest BCUT2D eigenvalue weighted by molar-refractivity contribution is -0.137. The minimum atomic E-state index is -0.843. The van der Waals surface area contributed by atoms with Gasteiger partial charge in [-0.15, -0.1) is 0 Å². The van der Waals surface area contributed by atoms with Gasteiger partial charge in [0.05, 0.1) is 18.1 Å². The van der Waals surface area contributed by atoms with Gasteiger partial charge >= 0.3 is 5.97 Å². The lowest BCUT2D eigenvalue weighted by Crippen LogP contribution is -2.08. The molecule has 0 saturated carbocycles. The van der Waals surface area contributed by atoms with E-state index in [2.05, 4.69) is 0 Å². The number of carboxylic acid groups (broad SMARTS) is 1. The molecule has 106 valence electrons. The Morgan fingerprint density at radius 1 is 1.37 bits per heavy atom. The summed E-state index contributed by atoms with van der Waals surface area (Å²) in [5.41, 5.74) is 0.774. The van der Waals surface area contributed by atoms with Crippen LogP contribution in [0.15, 0.2) is 12.1 Å². The van der Waals surface area contributed by atoms with Crippen LogP contribution in [0, 0.1) is 0 Å². The number of rotatable bonds is 7. The summed E-state index contributed by atoms with van der Waals surface area (Å²) in [4.78, 5) is 10.9. The summed E-state index contributed by atoms with van der Waals surface area (Å²) in [5.74, 6) is -0.439. The molecule has 0 spiro atoms. The summed E-state index contributed by atoms with van der Waals surface area (Å²) in [6.07, 6.45) is 1.58. The molecule has 0 fully saturated rings. The lowest BCUT2D eigenvalue weighted by atomic mass is 9.92. The zero-order valence-corrected chi connectivity index (χ0v) is 12.6. The highest BCUT2D eigenvalue weighted by Gasteiger charge is 2.21. The highest BCUT2D eigenvalue weighted by atomic mass is 35.5. The molecule has 0 aliphatic rings. The minimum absolute atomic E-state index is 0.0374. The van der Waals surface area contributed by atoms with Crippen molar-refractivity contribution in [1.29, 1.82) is 0 Å². The second-order valence-electron chi connectivity index (χ2n) is 4.36. The van der Waals surface area contributed by atoms with Crippen molar-refractivity contribution >= 4 is 29.2 Å². The minimum Gasteiger partial charge on any atom is -0.492 e. The number of hydrogen-bond donors (Lipinski definition) is 1. The maximum Gasteiger partial charge on any atom is 0.303 e. The van der Waals surface area contributed by atoms with Crippen LogP contribution in [0.2, 0.25) is 10.0 Å². The van der Waals surface area contributed by atoms with Gasteiger partial charge in [0.25, 0.3) is 0 Å². The topological polar surface area (TPSA) is 46.5 Å². The summed E-state index contributed by atoms with van der Waals surface area (Å²) in [6, 6.07) is 3.36. The molecule has 0 aliphatic heterocycles. The van der Waals surface area contributed by atoms with Crippen LogP contribution < -0.4 is 4.74 Å². The van der Waals surface area contributed by atoms with Gasteiger partial charge < -0.3 is 9.84 Å². The standard InChI is InChI=1S/C14H18Cl2O3/c1-3-5-19-14-11(7-10(15)8-12(14)16)9(4-2)6-13(17)18/h7-9H,3-6H2,1-2H3,(H,17,18). The van der Waals surface area contributed by atoms with E-state index in [4.69, 9.17) is 33.0 Å². The first-order valence-electron chi connectivity index (χ1n) is 6.33. The summed E-state index contributed by atoms with van der Waals surface area (Å²) >= 11 is 12.2. The van der Waals surface area contributed by atoms with Crippen LogP contribution in [0.3, 0.4) is 0 Å². The molecule has 19 heavy (non-hydrogen) atoms. The van der Waals surface area contributed by atoms with Crippen LogP contribution in [-0.4, -0.2) is 17.7 Å². The van der Waals surface area contributed by atoms with Crippen molar-refractivity contribution < 1.29 is 14.6 Å². The Hall–Kier alpha value is -0.930. The van der Waals surface area contributed by atoms with E-state index in [1.807, 2.05) is 13.8 Å². The van der Waals surface area contributed by atoms with Crippen LogP contribution in [0.5, 0.6) is 5.75 Å². The average molecular weight is 305 g/mol. The Kier molecular flexibility index (Phi) is 6.46. The van der Waals surface area contributed by atoms with Gasteiger partial charge in [-0.2, -0.15) is 0 Å². The van der Waals surface area contributed by atoms with Gasteiger partial charge in [0, 0.05) is 10.6 Å². The molecule has 0 aromatic heterocycles. The van der Waals surface area contributed by atoms with E-state index in [1.165, 1.54) is 0 Å². The summed E-state index contributed by atoms with van der Waals surface area (Å²) in [7, 11) is 0.